The van der Waals surface area contributed by atoms with Crippen LogP contribution in [0.15, 0.2) is 23.1 Å². The number of anilines is 2. The van der Waals surface area contributed by atoms with Crippen molar-refractivity contribution in [1.82, 2.24) is 0 Å². The molecule has 1 aromatic carbocycles. The molecule has 0 bridgehead atoms. The van der Waals surface area contributed by atoms with Gasteiger partial charge in [0.15, 0.2) is 0 Å². The molecular weight excluding hydrogens is 290 g/mol. The Morgan fingerprint density at radius 1 is 1.21 bits per heavy atom. The third-order valence-corrected chi connectivity index (χ3v) is 4.35. The summed E-state index contributed by atoms with van der Waals surface area (Å²) in [6, 6.07) is 4.28. The van der Waals surface area contributed by atoms with Gasteiger partial charge in [-0.3, -0.25) is 0 Å². The van der Waals surface area contributed by atoms with E-state index in [2.05, 4.69) is 5.32 Å². The van der Waals surface area contributed by atoms with Crippen LogP contribution in [0.2, 0.25) is 0 Å². The molecule has 0 aliphatic carbocycles. The second-order valence-corrected chi connectivity index (χ2v) is 8.00. The van der Waals surface area contributed by atoms with Crippen LogP contribution in [0.1, 0.15) is 6.42 Å². The van der Waals surface area contributed by atoms with Gasteiger partial charge < -0.3 is 11.1 Å². The highest BCUT2D eigenvalue weighted by molar-refractivity contribution is 7.90. The summed E-state index contributed by atoms with van der Waals surface area (Å²) >= 11 is 0. The molecule has 0 aliphatic heterocycles. The van der Waals surface area contributed by atoms with Gasteiger partial charge in [-0.25, -0.2) is 22.0 Å². The molecule has 0 amide bonds. The molecule has 0 unspecified atom stereocenters. The van der Waals surface area contributed by atoms with Gasteiger partial charge in [-0.1, -0.05) is 0 Å². The Morgan fingerprint density at radius 2 is 1.84 bits per heavy atom. The van der Waals surface area contributed by atoms with E-state index in [1.165, 1.54) is 24.5 Å². The quantitative estimate of drug-likeness (QED) is 0.491. The molecule has 0 fully saturated rings. The highest BCUT2D eigenvalue weighted by Gasteiger charge is 2.12. The molecule has 108 valence electrons. The second-order valence-electron chi connectivity index (χ2n) is 4.21. The average molecular weight is 307 g/mol. The van der Waals surface area contributed by atoms with E-state index in [1.54, 1.807) is 0 Å². The molecule has 1 aromatic rings. The van der Waals surface area contributed by atoms with Crippen molar-refractivity contribution in [3.8, 4) is 0 Å². The minimum atomic E-state index is -3.83. The number of nitrogen functional groups attached to an aromatic ring is 1. The SMILES string of the molecule is CS(=O)(=O)CCCNc1ccc(S(N)(=O)=O)c(N)c1. The Hall–Kier alpha value is -1.32. The number of hydrogen-bond donors (Lipinski definition) is 3. The minimum absolute atomic E-state index is 0.0515. The average Bonchev–Trinajstić information content (AvgIpc) is 2.21. The van der Waals surface area contributed by atoms with Gasteiger partial charge >= 0.3 is 0 Å². The number of primary sulfonamides is 1. The molecule has 0 aromatic heterocycles. The smallest absolute Gasteiger partial charge is 0.240 e. The largest absolute Gasteiger partial charge is 0.398 e. The third kappa shape index (κ3) is 5.45. The lowest BCUT2D eigenvalue weighted by molar-refractivity contribution is 0.597. The van der Waals surface area contributed by atoms with Crippen molar-refractivity contribution >= 4 is 31.2 Å². The van der Waals surface area contributed by atoms with E-state index in [4.69, 9.17) is 10.9 Å². The lowest BCUT2D eigenvalue weighted by Gasteiger charge is -2.09. The summed E-state index contributed by atoms with van der Waals surface area (Å²) in [4.78, 5) is -0.130. The van der Waals surface area contributed by atoms with Crippen molar-refractivity contribution in [3.63, 3.8) is 0 Å². The van der Waals surface area contributed by atoms with Gasteiger partial charge in [0.1, 0.15) is 14.7 Å². The number of nitrogens with one attached hydrogen (secondary N) is 1. The lowest BCUT2D eigenvalue weighted by Crippen LogP contribution is -2.15. The van der Waals surface area contributed by atoms with Crippen LogP contribution in [-0.4, -0.2) is 35.4 Å². The van der Waals surface area contributed by atoms with E-state index in [0.29, 0.717) is 18.7 Å². The number of rotatable bonds is 6. The predicted molar refractivity (Wildman–Crippen MR) is 75.0 cm³/mol. The van der Waals surface area contributed by atoms with Crippen LogP contribution in [0, 0.1) is 0 Å². The zero-order chi connectivity index (χ0) is 14.7. The zero-order valence-corrected chi connectivity index (χ0v) is 12.1. The van der Waals surface area contributed by atoms with Crippen molar-refractivity contribution < 1.29 is 16.8 Å². The predicted octanol–water partition coefficient (Wildman–Crippen LogP) is -0.237. The molecule has 0 atom stereocenters. The molecule has 5 N–H and O–H groups in total. The van der Waals surface area contributed by atoms with E-state index in [1.807, 2.05) is 0 Å². The maximum atomic E-state index is 11.1. The van der Waals surface area contributed by atoms with Gasteiger partial charge in [0.05, 0.1) is 11.4 Å². The lowest BCUT2D eigenvalue weighted by atomic mass is 10.3. The first-order valence-corrected chi connectivity index (χ1v) is 9.04. The molecule has 0 spiro atoms. The molecule has 1 rings (SSSR count). The fourth-order valence-corrected chi connectivity index (χ4v) is 2.80. The first kappa shape index (κ1) is 15.7. The summed E-state index contributed by atoms with van der Waals surface area (Å²) in [6.07, 6.45) is 1.63. The maximum Gasteiger partial charge on any atom is 0.240 e. The van der Waals surface area contributed by atoms with E-state index in [-0.39, 0.29) is 16.3 Å². The normalized spacial score (nSPS) is 12.3. The molecule has 0 radical (unpaired) electrons. The Bertz CT molecular complexity index is 653. The monoisotopic (exact) mass is 307 g/mol. The van der Waals surface area contributed by atoms with Gasteiger partial charge in [-0.15, -0.1) is 0 Å². The van der Waals surface area contributed by atoms with Crippen LogP contribution in [-0.2, 0) is 19.9 Å². The molecule has 0 aliphatic rings. The number of hydrogen-bond acceptors (Lipinski definition) is 6. The summed E-state index contributed by atoms with van der Waals surface area (Å²) < 4.78 is 44.1. The van der Waals surface area contributed by atoms with Gasteiger partial charge in [0.2, 0.25) is 10.0 Å². The molecule has 0 saturated carbocycles. The Balaban J connectivity index is 2.65. The van der Waals surface area contributed by atoms with Gasteiger partial charge in [-0.2, -0.15) is 0 Å². The minimum Gasteiger partial charge on any atom is -0.398 e. The highest BCUT2D eigenvalue weighted by atomic mass is 32.2. The topological polar surface area (TPSA) is 132 Å². The Kier molecular flexibility index (Phi) is 4.77. The van der Waals surface area contributed by atoms with E-state index >= 15 is 0 Å². The standard InChI is InChI=1S/C10H17N3O4S2/c1-18(14,15)6-2-5-13-8-3-4-10(9(11)7-8)19(12,16)17/h3-4,7,13H,2,5-6,11H2,1H3,(H2,12,16,17). The number of nitrogens with two attached hydrogens (primary N) is 2. The third-order valence-electron chi connectivity index (χ3n) is 2.34. The van der Waals surface area contributed by atoms with Crippen LogP contribution in [0.4, 0.5) is 11.4 Å². The van der Waals surface area contributed by atoms with E-state index in [9.17, 15) is 16.8 Å². The van der Waals surface area contributed by atoms with Crippen LogP contribution < -0.4 is 16.2 Å². The number of sulfone groups is 1. The number of sulfonamides is 1. The molecule has 7 nitrogen and oxygen atoms in total. The fraction of sp³-hybridized carbons (Fsp3) is 0.400. The first-order chi connectivity index (χ1) is 8.59. The van der Waals surface area contributed by atoms with Crippen LogP contribution >= 0.6 is 0 Å². The summed E-state index contributed by atoms with van der Waals surface area (Å²) in [5, 5.41) is 7.94. The fourth-order valence-electron chi connectivity index (χ4n) is 1.48. The Morgan fingerprint density at radius 3 is 2.32 bits per heavy atom. The van der Waals surface area contributed by atoms with Gasteiger partial charge in [-0.05, 0) is 24.6 Å². The molecule has 0 heterocycles. The van der Waals surface area contributed by atoms with Crippen LogP contribution in [0.5, 0.6) is 0 Å². The maximum absolute atomic E-state index is 11.1. The summed E-state index contributed by atoms with van der Waals surface area (Å²) in [5.41, 5.74) is 6.25. The molecular formula is C10H17N3O4S2. The van der Waals surface area contributed by atoms with Crippen molar-refractivity contribution in [2.24, 2.45) is 5.14 Å². The zero-order valence-electron chi connectivity index (χ0n) is 10.5. The van der Waals surface area contributed by atoms with Crippen LogP contribution in [0.3, 0.4) is 0 Å². The summed E-state index contributed by atoms with van der Waals surface area (Å²) in [6.45, 7) is 0.446. The van der Waals surface area contributed by atoms with Gasteiger partial charge in [0.25, 0.3) is 0 Å². The first-order valence-electron chi connectivity index (χ1n) is 5.43. The second kappa shape index (κ2) is 5.76. The van der Waals surface area contributed by atoms with Crippen molar-refractivity contribution in [2.75, 3.05) is 29.6 Å². The van der Waals surface area contributed by atoms with Crippen molar-refractivity contribution in [1.29, 1.82) is 0 Å². The van der Waals surface area contributed by atoms with E-state index < -0.39 is 19.9 Å². The van der Waals surface area contributed by atoms with Gasteiger partial charge in [0, 0.05) is 18.5 Å². The summed E-state index contributed by atoms with van der Waals surface area (Å²) in [5.74, 6) is 0.0880. The summed E-state index contributed by atoms with van der Waals surface area (Å²) in [7, 11) is -6.80. The van der Waals surface area contributed by atoms with Crippen molar-refractivity contribution in [2.45, 2.75) is 11.3 Å². The molecule has 19 heavy (non-hydrogen) atoms. The molecule has 0 saturated heterocycles. The Labute approximate surface area is 113 Å². The van der Waals surface area contributed by atoms with Crippen LogP contribution in [0.25, 0.3) is 0 Å². The van der Waals surface area contributed by atoms with E-state index in [0.717, 1.165) is 0 Å². The highest BCUT2D eigenvalue weighted by Crippen LogP contribution is 2.21. The molecule has 9 heteroatoms. The van der Waals surface area contributed by atoms with Crippen molar-refractivity contribution in [3.05, 3.63) is 18.2 Å². The number of benzene rings is 1.